The summed E-state index contributed by atoms with van der Waals surface area (Å²) in [5.74, 6) is -0.861. The molecule has 0 aliphatic rings. The molecule has 20 heavy (non-hydrogen) atoms. The highest BCUT2D eigenvalue weighted by molar-refractivity contribution is 7.89. The molecule has 1 N–H and O–H groups in total. The van der Waals surface area contributed by atoms with Gasteiger partial charge < -0.3 is 9.84 Å². The summed E-state index contributed by atoms with van der Waals surface area (Å²) in [6, 6.07) is 3.29. The Kier molecular flexibility index (Phi) is 6.07. The van der Waals surface area contributed by atoms with E-state index in [1.54, 1.807) is 13.8 Å². The predicted molar refractivity (Wildman–Crippen MR) is 73.2 cm³/mol. The third-order valence-corrected chi connectivity index (χ3v) is 4.97. The van der Waals surface area contributed by atoms with E-state index in [2.05, 4.69) is 0 Å². The van der Waals surface area contributed by atoms with E-state index in [4.69, 9.17) is 9.84 Å². The molecule has 1 aromatic carbocycles. The Morgan fingerprint density at radius 1 is 1.40 bits per heavy atom. The number of hydrogen-bond acceptors (Lipinski definition) is 4. The van der Waals surface area contributed by atoms with E-state index in [-0.39, 0.29) is 30.7 Å². The van der Waals surface area contributed by atoms with E-state index in [0.29, 0.717) is 5.56 Å². The van der Waals surface area contributed by atoms with Crippen molar-refractivity contribution in [3.63, 3.8) is 0 Å². The maximum Gasteiger partial charge on any atom is 0.246 e. The first-order chi connectivity index (χ1) is 9.34. The Balaban J connectivity index is 3.19. The molecular formula is C13H20FNO4S. The molecule has 0 radical (unpaired) electrons. The normalized spacial score (nSPS) is 12.3. The molecule has 0 amide bonds. The van der Waals surface area contributed by atoms with Gasteiger partial charge in [-0.2, -0.15) is 4.31 Å². The third kappa shape index (κ3) is 3.76. The van der Waals surface area contributed by atoms with Crippen LogP contribution in [-0.4, -0.2) is 44.1 Å². The lowest BCUT2D eigenvalue weighted by Crippen LogP contribution is -2.39. The number of ether oxygens (including phenoxy) is 1. The highest BCUT2D eigenvalue weighted by Gasteiger charge is 2.29. The minimum absolute atomic E-state index is 0.150. The number of methoxy groups -OCH3 is 1. The highest BCUT2D eigenvalue weighted by Crippen LogP contribution is 2.22. The van der Waals surface area contributed by atoms with Crippen LogP contribution in [0.4, 0.5) is 4.39 Å². The van der Waals surface area contributed by atoms with Gasteiger partial charge in [-0.05, 0) is 31.5 Å². The smallest absolute Gasteiger partial charge is 0.246 e. The van der Waals surface area contributed by atoms with E-state index in [1.807, 2.05) is 0 Å². The first-order valence-electron chi connectivity index (χ1n) is 6.24. The molecule has 0 saturated heterocycles. The summed E-state index contributed by atoms with van der Waals surface area (Å²) >= 11 is 0. The Labute approximate surface area is 119 Å². The van der Waals surface area contributed by atoms with Crippen molar-refractivity contribution in [2.24, 2.45) is 0 Å². The van der Waals surface area contributed by atoms with E-state index in [0.717, 1.165) is 6.07 Å². The van der Waals surface area contributed by atoms with Gasteiger partial charge in [-0.25, -0.2) is 12.8 Å². The molecule has 0 spiro atoms. The minimum atomic E-state index is -3.93. The number of halogens is 1. The Morgan fingerprint density at radius 3 is 2.50 bits per heavy atom. The van der Waals surface area contributed by atoms with Gasteiger partial charge in [0.2, 0.25) is 10.0 Å². The fraction of sp³-hybridized carbons (Fsp3) is 0.538. The van der Waals surface area contributed by atoms with Gasteiger partial charge in [0.15, 0.2) is 0 Å². The van der Waals surface area contributed by atoms with E-state index >= 15 is 0 Å². The van der Waals surface area contributed by atoms with Gasteiger partial charge in [0.05, 0.1) is 13.2 Å². The van der Waals surface area contributed by atoms with E-state index in [1.165, 1.54) is 23.5 Å². The second-order valence-electron chi connectivity index (χ2n) is 4.63. The summed E-state index contributed by atoms with van der Waals surface area (Å²) in [5.41, 5.74) is 0.328. The number of aliphatic hydroxyl groups excluding tert-OH is 1. The first-order valence-corrected chi connectivity index (χ1v) is 7.68. The summed E-state index contributed by atoms with van der Waals surface area (Å²) in [6.07, 6.45) is 0. The van der Waals surface area contributed by atoms with Crippen LogP contribution in [0.25, 0.3) is 0 Å². The van der Waals surface area contributed by atoms with Crippen molar-refractivity contribution in [3.05, 3.63) is 29.6 Å². The lowest BCUT2D eigenvalue weighted by Gasteiger charge is -2.25. The quantitative estimate of drug-likeness (QED) is 0.826. The molecule has 0 aliphatic heterocycles. The molecular weight excluding hydrogens is 285 g/mol. The predicted octanol–water partition coefficient (Wildman–Crippen LogP) is 1.36. The lowest BCUT2D eigenvalue weighted by atomic mass is 10.2. The SMILES string of the molecule is COCCN(C(C)C)S(=O)(=O)c1ccc(CO)cc1F. The molecule has 7 heteroatoms. The Morgan fingerprint density at radius 2 is 2.05 bits per heavy atom. The second-order valence-corrected chi connectivity index (χ2v) is 6.48. The molecule has 0 bridgehead atoms. The van der Waals surface area contributed by atoms with Crippen molar-refractivity contribution >= 4 is 10.0 Å². The average Bonchev–Trinajstić information content (AvgIpc) is 2.37. The summed E-state index contributed by atoms with van der Waals surface area (Å²) in [4.78, 5) is -0.389. The monoisotopic (exact) mass is 305 g/mol. The average molecular weight is 305 g/mol. The maximum atomic E-state index is 13.9. The van der Waals surface area contributed by atoms with Crippen LogP contribution in [0.15, 0.2) is 23.1 Å². The lowest BCUT2D eigenvalue weighted by molar-refractivity contribution is 0.170. The molecule has 0 aliphatic carbocycles. The van der Waals surface area contributed by atoms with E-state index in [9.17, 15) is 12.8 Å². The largest absolute Gasteiger partial charge is 0.392 e. The van der Waals surface area contributed by atoms with Crippen LogP contribution < -0.4 is 0 Å². The molecule has 0 heterocycles. The Hall–Kier alpha value is -1.02. The topological polar surface area (TPSA) is 66.8 Å². The third-order valence-electron chi connectivity index (χ3n) is 2.86. The molecule has 5 nitrogen and oxygen atoms in total. The summed E-state index contributed by atoms with van der Waals surface area (Å²) in [7, 11) is -2.46. The minimum Gasteiger partial charge on any atom is -0.392 e. The van der Waals surface area contributed by atoms with Gasteiger partial charge in [-0.3, -0.25) is 0 Å². The zero-order valence-corrected chi connectivity index (χ0v) is 12.7. The molecule has 0 aromatic heterocycles. The van der Waals surface area contributed by atoms with Crippen LogP contribution in [0.1, 0.15) is 19.4 Å². The molecule has 0 atom stereocenters. The van der Waals surface area contributed by atoms with Gasteiger partial charge in [-0.1, -0.05) is 6.07 Å². The number of aliphatic hydroxyl groups is 1. The Bertz CT molecular complexity index is 545. The van der Waals surface area contributed by atoms with E-state index < -0.39 is 15.8 Å². The van der Waals surface area contributed by atoms with Crippen LogP contribution in [0.5, 0.6) is 0 Å². The van der Waals surface area contributed by atoms with Crippen molar-refractivity contribution in [1.82, 2.24) is 4.31 Å². The van der Waals surface area contributed by atoms with Crippen molar-refractivity contribution < 1.29 is 22.7 Å². The van der Waals surface area contributed by atoms with Crippen molar-refractivity contribution in [3.8, 4) is 0 Å². The van der Waals surface area contributed by atoms with Crippen LogP contribution in [0.3, 0.4) is 0 Å². The van der Waals surface area contributed by atoms with Gasteiger partial charge in [-0.15, -0.1) is 0 Å². The van der Waals surface area contributed by atoms with Crippen LogP contribution in [-0.2, 0) is 21.4 Å². The first kappa shape index (κ1) is 17.0. The molecule has 0 unspecified atom stereocenters. The van der Waals surface area contributed by atoms with Gasteiger partial charge in [0, 0.05) is 19.7 Å². The zero-order valence-electron chi connectivity index (χ0n) is 11.8. The van der Waals surface area contributed by atoms with Crippen molar-refractivity contribution in [2.45, 2.75) is 31.4 Å². The number of hydrogen-bond donors (Lipinski definition) is 1. The highest BCUT2D eigenvalue weighted by atomic mass is 32.2. The summed E-state index contributed by atoms with van der Waals surface area (Å²) < 4.78 is 44.9. The second kappa shape index (κ2) is 7.12. The number of sulfonamides is 1. The summed E-state index contributed by atoms with van der Waals surface area (Å²) in [5, 5.41) is 8.93. The summed E-state index contributed by atoms with van der Waals surface area (Å²) in [6.45, 7) is 3.47. The van der Waals surface area contributed by atoms with Gasteiger partial charge in [0.1, 0.15) is 10.7 Å². The number of rotatable bonds is 7. The standard InChI is InChI=1S/C13H20FNO4S/c1-10(2)15(6-7-19-3)20(17,18)13-5-4-11(9-16)8-12(13)14/h4-5,8,10,16H,6-7,9H2,1-3H3. The van der Waals surface area contributed by atoms with Crippen molar-refractivity contribution in [2.75, 3.05) is 20.3 Å². The maximum absolute atomic E-state index is 13.9. The number of benzene rings is 1. The van der Waals surface area contributed by atoms with Gasteiger partial charge in [0.25, 0.3) is 0 Å². The van der Waals surface area contributed by atoms with Crippen LogP contribution >= 0.6 is 0 Å². The molecule has 1 rings (SSSR count). The number of nitrogens with zero attached hydrogens (tertiary/aromatic N) is 1. The van der Waals surface area contributed by atoms with Crippen LogP contribution in [0.2, 0.25) is 0 Å². The molecule has 1 aromatic rings. The zero-order chi connectivity index (χ0) is 15.3. The molecule has 114 valence electrons. The fourth-order valence-corrected chi connectivity index (χ4v) is 3.48. The van der Waals surface area contributed by atoms with Gasteiger partial charge >= 0.3 is 0 Å². The molecule has 0 fully saturated rings. The fourth-order valence-electron chi connectivity index (χ4n) is 1.82. The van der Waals surface area contributed by atoms with Crippen molar-refractivity contribution in [1.29, 1.82) is 0 Å². The molecule has 0 saturated carbocycles. The van der Waals surface area contributed by atoms with Crippen LogP contribution in [0, 0.1) is 5.82 Å².